The van der Waals surface area contributed by atoms with E-state index in [1.165, 1.54) is 65.8 Å². The van der Waals surface area contributed by atoms with Crippen LogP contribution in [0.15, 0.2) is 211 Å². The Kier molecular flexibility index (Phi) is 7.96. The monoisotopic (exact) mass is 727 g/mol. The fraction of sp³-hybridized carbons (Fsp3) is 0.0370. The molecule has 1 aliphatic heterocycles. The van der Waals surface area contributed by atoms with Crippen LogP contribution in [0, 0.1) is 0 Å². The van der Waals surface area contributed by atoms with E-state index >= 15 is 0 Å². The van der Waals surface area contributed by atoms with Crippen LogP contribution in [0.1, 0.15) is 29.2 Å². The van der Waals surface area contributed by atoms with E-state index in [1.54, 1.807) is 0 Å². The van der Waals surface area contributed by atoms with Gasteiger partial charge in [-0.25, -0.2) is 4.98 Å². The molecule has 8 aromatic carbocycles. The number of nitrogens with zero attached hydrogens (tertiary/aromatic N) is 3. The minimum Gasteiger partial charge on any atom is -0.309 e. The van der Waals surface area contributed by atoms with E-state index in [4.69, 9.17) is 9.98 Å². The molecule has 11 rings (SSSR count). The van der Waals surface area contributed by atoms with Crippen molar-refractivity contribution >= 4 is 54.8 Å². The normalized spacial score (nSPS) is 14.3. The summed E-state index contributed by atoms with van der Waals surface area (Å²) in [5.74, 6) is 0. The maximum Gasteiger partial charge on any atom is 0.0797 e. The highest BCUT2D eigenvalue weighted by molar-refractivity contribution is 6.16. The van der Waals surface area contributed by atoms with Crippen molar-refractivity contribution in [2.24, 2.45) is 4.99 Å². The van der Waals surface area contributed by atoms with Crippen molar-refractivity contribution in [1.29, 1.82) is 0 Å². The highest BCUT2D eigenvalue weighted by atomic mass is 15.0. The molecule has 0 spiro atoms. The Morgan fingerprint density at radius 3 is 1.77 bits per heavy atom. The van der Waals surface area contributed by atoms with E-state index in [2.05, 4.69) is 211 Å². The molecule has 0 saturated carbocycles. The van der Waals surface area contributed by atoms with E-state index in [9.17, 15) is 0 Å². The predicted octanol–water partition coefficient (Wildman–Crippen LogP) is 13.8. The number of aromatic nitrogens is 2. The first-order valence-corrected chi connectivity index (χ1v) is 19.7. The zero-order chi connectivity index (χ0) is 37.7. The lowest BCUT2D eigenvalue weighted by Crippen LogP contribution is -2.10. The van der Waals surface area contributed by atoms with Gasteiger partial charge in [-0.1, -0.05) is 158 Å². The summed E-state index contributed by atoms with van der Waals surface area (Å²) in [6, 6.07) is 71.8. The molecule has 0 fully saturated rings. The summed E-state index contributed by atoms with van der Waals surface area (Å²) in [6.45, 7) is 0. The molecule has 0 amide bonds. The minimum atomic E-state index is -0.0232. The molecule has 2 aromatic heterocycles. The Morgan fingerprint density at radius 2 is 1.09 bits per heavy atom. The molecule has 57 heavy (non-hydrogen) atoms. The molecule has 1 unspecified atom stereocenters. The first-order valence-electron chi connectivity index (χ1n) is 19.7. The van der Waals surface area contributed by atoms with Gasteiger partial charge in [-0.3, -0.25) is 4.99 Å². The van der Waals surface area contributed by atoms with Crippen LogP contribution in [0.4, 0.5) is 0 Å². The van der Waals surface area contributed by atoms with E-state index in [-0.39, 0.29) is 6.04 Å². The number of para-hydroxylation sites is 2. The molecule has 3 heteroatoms. The van der Waals surface area contributed by atoms with Gasteiger partial charge in [-0.2, -0.15) is 0 Å². The summed E-state index contributed by atoms with van der Waals surface area (Å²) in [5.41, 5.74) is 14.9. The second-order valence-corrected chi connectivity index (χ2v) is 14.9. The molecule has 3 heterocycles. The molecule has 0 N–H and O–H groups in total. The van der Waals surface area contributed by atoms with Gasteiger partial charge in [0.15, 0.2) is 0 Å². The number of pyridine rings is 1. The number of dihydropyridines is 1. The second kappa shape index (κ2) is 13.7. The van der Waals surface area contributed by atoms with Crippen LogP contribution in [0.5, 0.6) is 0 Å². The maximum atomic E-state index is 5.40. The average Bonchev–Trinajstić information content (AvgIpc) is 3.63. The van der Waals surface area contributed by atoms with Crippen LogP contribution in [-0.2, 0) is 0 Å². The number of benzene rings is 8. The fourth-order valence-corrected chi connectivity index (χ4v) is 8.76. The maximum absolute atomic E-state index is 5.40. The summed E-state index contributed by atoms with van der Waals surface area (Å²) in [6.07, 6.45) is 3.10. The Bertz CT molecular complexity index is 3120. The van der Waals surface area contributed by atoms with E-state index < -0.39 is 0 Å². The van der Waals surface area contributed by atoms with Crippen molar-refractivity contribution in [1.82, 2.24) is 9.55 Å². The van der Waals surface area contributed by atoms with Crippen LogP contribution in [-0.4, -0.2) is 15.3 Å². The highest BCUT2D eigenvalue weighted by Gasteiger charge is 2.22. The van der Waals surface area contributed by atoms with Crippen molar-refractivity contribution in [3.63, 3.8) is 0 Å². The fourth-order valence-electron chi connectivity index (χ4n) is 8.76. The highest BCUT2D eigenvalue weighted by Crippen LogP contribution is 2.40. The molecule has 0 aliphatic carbocycles. The van der Waals surface area contributed by atoms with Crippen molar-refractivity contribution in [2.75, 3.05) is 0 Å². The average molecular weight is 728 g/mol. The topological polar surface area (TPSA) is 30.2 Å². The molecular formula is C54H37N3. The standard InChI is InChI=1S/C54H37N3/c1-4-14-36(15-5-1)47-35-51(38-18-8-3-9-19-38)55-48-31-27-41-32-40(26-30-44(41)54(47)48)42-33-49(37-16-6-2-7-17-37)56-50(34-42)39-24-28-43(29-25-39)57-52-22-12-10-20-45(52)46-21-11-13-23-53(46)57/h1-33,35,50H,34H2. The SMILES string of the molecule is C1=C(c2ccc3c(ccc4nc(-c5ccccc5)cc(-c5ccccc5)c43)c2)CC(c2ccc(-n3c4ccccc4c4ccccc43)cc2)N=C1c1ccccc1. The number of fused-ring (bicyclic) bond motifs is 6. The molecule has 0 saturated heterocycles. The Hall–Kier alpha value is -7.36. The Balaban J connectivity index is 1.000. The minimum absolute atomic E-state index is 0.0232. The lowest BCUT2D eigenvalue weighted by molar-refractivity contribution is 0.747. The molecule has 3 nitrogen and oxygen atoms in total. The molecule has 0 radical (unpaired) electrons. The smallest absolute Gasteiger partial charge is 0.0797 e. The predicted molar refractivity (Wildman–Crippen MR) is 239 cm³/mol. The quantitative estimate of drug-likeness (QED) is 0.157. The van der Waals surface area contributed by atoms with Gasteiger partial charge in [0.25, 0.3) is 0 Å². The summed E-state index contributed by atoms with van der Waals surface area (Å²) < 4.78 is 2.37. The lowest BCUT2D eigenvalue weighted by Gasteiger charge is -2.23. The van der Waals surface area contributed by atoms with Crippen molar-refractivity contribution < 1.29 is 0 Å². The summed E-state index contributed by atoms with van der Waals surface area (Å²) in [4.78, 5) is 10.6. The Morgan fingerprint density at radius 1 is 0.474 bits per heavy atom. The number of rotatable bonds is 6. The molecule has 10 aromatic rings. The van der Waals surface area contributed by atoms with Crippen molar-refractivity contribution in [3.8, 4) is 28.1 Å². The summed E-state index contributed by atoms with van der Waals surface area (Å²) in [7, 11) is 0. The van der Waals surface area contributed by atoms with Gasteiger partial charge in [0.1, 0.15) is 0 Å². The van der Waals surface area contributed by atoms with Crippen LogP contribution in [0.3, 0.4) is 0 Å². The number of hydrogen-bond donors (Lipinski definition) is 0. The lowest BCUT2D eigenvalue weighted by atomic mass is 9.88. The zero-order valence-electron chi connectivity index (χ0n) is 31.3. The number of allylic oxidation sites excluding steroid dienone is 1. The third-order valence-corrected chi connectivity index (χ3v) is 11.5. The van der Waals surface area contributed by atoms with Gasteiger partial charge in [-0.15, -0.1) is 0 Å². The number of aliphatic imine (C=N–C) groups is 1. The van der Waals surface area contributed by atoms with Gasteiger partial charge in [-0.05, 0) is 99.1 Å². The van der Waals surface area contributed by atoms with E-state index in [0.717, 1.165) is 40.2 Å². The molecule has 268 valence electrons. The van der Waals surface area contributed by atoms with Crippen LogP contribution in [0.25, 0.3) is 77.1 Å². The van der Waals surface area contributed by atoms with Gasteiger partial charge < -0.3 is 4.57 Å². The molecular weight excluding hydrogens is 691 g/mol. The Labute approximate surface area is 331 Å². The largest absolute Gasteiger partial charge is 0.309 e. The van der Waals surface area contributed by atoms with Gasteiger partial charge >= 0.3 is 0 Å². The van der Waals surface area contributed by atoms with Crippen molar-refractivity contribution in [3.05, 3.63) is 223 Å². The molecule has 1 atom stereocenters. The van der Waals surface area contributed by atoms with Crippen LogP contribution >= 0.6 is 0 Å². The number of hydrogen-bond acceptors (Lipinski definition) is 2. The molecule has 1 aliphatic rings. The molecule has 0 bridgehead atoms. The summed E-state index contributed by atoms with van der Waals surface area (Å²) in [5, 5.41) is 6.11. The van der Waals surface area contributed by atoms with Crippen LogP contribution < -0.4 is 0 Å². The van der Waals surface area contributed by atoms with Gasteiger partial charge in [0.05, 0.1) is 34.0 Å². The van der Waals surface area contributed by atoms with Crippen LogP contribution in [0.2, 0.25) is 0 Å². The zero-order valence-corrected chi connectivity index (χ0v) is 31.3. The third-order valence-electron chi connectivity index (χ3n) is 11.5. The third kappa shape index (κ3) is 5.84. The van der Waals surface area contributed by atoms with E-state index in [1.807, 2.05) is 0 Å². The summed E-state index contributed by atoms with van der Waals surface area (Å²) >= 11 is 0. The second-order valence-electron chi connectivity index (χ2n) is 14.9. The first kappa shape index (κ1) is 33.0. The van der Waals surface area contributed by atoms with Gasteiger partial charge in [0.2, 0.25) is 0 Å². The van der Waals surface area contributed by atoms with E-state index in [0.29, 0.717) is 0 Å². The first-order chi connectivity index (χ1) is 28.2. The van der Waals surface area contributed by atoms with Gasteiger partial charge in [0, 0.05) is 27.4 Å². The van der Waals surface area contributed by atoms with Crippen molar-refractivity contribution in [2.45, 2.75) is 12.5 Å².